The Kier molecular flexibility index (Phi) is 4.28. The third-order valence-electron chi connectivity index (χ3n) is 2.80. The second kappa shape index (κ2) is 5.94. The lowest BCUT2D eigenvalue weighted by atomic mass is 10.1. The van der Waals surface area contributed by atoms with Crippen LogP contribution in [0.3, 0.4) is 0 Å². The molecule has 1 heterocycles. The molecule has 18 heavy (non-hydrogen) atoms. The van der Waals surface area contributed by atoms with Gasteiger partial charge in [-0.05, 0) is 42.3 Å². The van der Waals surface area contributed by atoms with Crippen molar-refractivity contribution in [1.82, 2.24) is 10.3 Å². The quantitative estimate of drug-likeness (QED) is 0.910. The molecule has 0 radical (unpaired) electrons. The van der Waals surface area contributed by atoms with Crippen molar-refractivity contribution < 1.29 is 4.39 Å². The van der Waals surface area contributed by atoms with Crippen molar-refractivity contribution in [3.63, 3.8) is 0 Å². The molecule has 0 saturated carbocycles. The molecule has 2 aromatic rings. The monoisotopic (exact) mass is 264 g/mol. The van der Waals surface area contributed by atoms with Crippen LogP contribution in [0.4, 0.5) is 4.39 Å². The highest BCUT2D eigenvalue weighted by Gasteiger charge is 2.05. The van der Waals surface area contributed by atoms with Crippen LogP contribution in [0.1, 0.15) is 24.1 Å². The first-order valence-corrected chi connectivity index (χ1v) is 6.12. The van der Waals surface area contributed by atoms with Gasteiger partial charge in [-0.15, -0.1) is 0 Å². The van der Waals surface area contributed by atoms with Crippen LogP contribution in [0, 0.1) is 5.82 Å². The normalized spacial score (nSPS) is 12.4. The lowest BCUT2D eigenvalue weighted by Crippen LogP contribution is -2.18. The number of nitrogens with zero attached hydrogens (tertiary/aromatic N) is 1. The van der Waals surface area contributed by atoms with Gasteiger partial charge >= 0.3 is 0 Å². The maximum absolute atomic E-state index is 13.0. The van der Waals surface area contributed by atoms with Crippen molar-refractivity contribution in [2.45, 2.75) is 19.5 Å². The summed E-state index contributed by atoms with van der Waals surface area (Å²) in [6.07, 6.45) is 3.53. The van der Waals surface area contributed by atoms with Crippen molar-refractivity contribution in [3.8, 4) is 0 Å². The van der Waals surface area contributed by atoms with Crippen LogP contribution in [0.5, 0.6) is 0 Å². The van der Waals surface area contributed by atoms with E-state index in [0.29, 0.717) is 6.54 Å². The van der Waals surface area contributed by atoms with Crippen molar-refractivity contribution in [2.75, 3.05) is 0 Å². The van der Waals surface area contributed by atoms with Gasteiger partial charge in [-0.25, -0.2) is 4.39 Å². The molecule has 0 aliphatic heterocycles. The van der Waals surface area contributed by atoms with E-state index in [0.717, 1.165) is 5.56 Å². The lowest BCUT2D eigenvalue weighted by Gasteiger charge is -2.14. The molecule has 0 aliphatic carbocycles. The van der Waals surface area contributed by atoms with Crippen LogP contribution in [-0.4, -0.2) is 4.98 Å². The molecule has 1 N–H and O–H groups in total. The van der Waals surface area contributed by atoms with Crippen LogP contribution in [0.2, 0.25) is 5.02 Å². The van der Waals surface area contributed by atoms with Crippen LogP contribution in [0.25, 0.3) is 0 Å². The first-order chi connectivity index (χ1) is 8.66. The zero-order chi connectivity index (χ0) is 13.0. The number of hydrogen-bond acceptors (Lipinski definition) is 2. The van der Waals surface area contributed by atoms with Gasteiger partial charge in [0, 0.05) is 25.0 Å². The molecule has 94 valence electrons. The van der Waals surface area contributed by atoms with E-state index in [4.69, 9.17) is 11.6 Å². The highest BCUT2D eigenvalue weighted by Crippen LogP contribution is 2.17. The van der Waals surface area contributed by atoms with Crippen molar-refractivity contribution in [2.24, 2.45) is 0 Å². The molecule has 0 amide bonds. The van der Waals surface area contributed by atoms with Crippen molar-refractivity contribution in [3.05, 3.63) is 64.7 Å². The SMILES string of the molecule is CC(NCc1ccc(F)c(Cl)c1)c1ccncc1. The number of hydrogen-bond donors (Lipinski definition) is 1. The largest absolute Gasteiger partial charge is 0.306 e. The summed E-state index contributed by atoms with van der Waals surface area (Å²) >= 11 is 5.74. The summed E-state index contributed by atoms with van der Waals surface area (Å²) in [5.41, 5.74) is 2.13. The second-order valence-electron chi connectivity index (χ2n) is 4.13. The van der Waals surface area contributed by atoms with Crippen LogP contribution < -0.4 is 5.32 Å². The van der Waals surface area contributed by atoms with Crippen molar-refractivity contribution >= 4 is 11.6 Å². The van der Waals surface area contributed by atoms with Gasteiger partial charge in [-0.2, -0.15) is 0 Å². The minimum absolute atomic E-state index is 0.158. The van der Waals surface area contributed by atoms with Gasteiger partial charge in [0.25, 0.3) is 0 Å². The molecule has 2 nitrogen and oxygen atoms in total. The maximum Gasteiger partial charge on any atom is 0.141 e. The Labute approximate surface area is 111 Å². The number of halogens is 2. The summed E-state index contributed by atoms with van der Waals surface area (Å²) in [6.45, 7) is 2.71. The third-order valence-corrected chi connectivity index (χ3v) is 3.09. The standard InChI is InChI=1S/C14H14ClFN2/c1-10(12-4-6-17-7-5-12)18-9-11-2-3-14(16)13(15)8-11/h2-8,10,18H,9H2,1H3. The molecule has 0 aliphatic rings. The Morgan fingerprint density at radius 2 is 2.00 bits per heavy atom. The summed E-state index contributed by atoms with van der Waals surface area (Å²) in [4.78, 5) is 3.98. The summed E-state index contributed by atoms with van der Waals surface area (Å²) in [7, 11) is 0. The van der Waals surface area contributed by atoms with E-state index in [9.17, 15) is 4.39 Å². The second-order valence-corrected chi connectivity index (χ2v) is 4.54. The molecule has 1 aromatic carbocycles. The summed E-state index contributed by atoms with van der Waals surface area (Å²) < 4.78 is 13.0. The molecular weight excluding hydrogens is 251 g/mol. The van der Waals surface area contributed by atoms with E-state index in [-0.39, 0.29) is 16.9 Å². The summed E-state index contributed by atoms with van der Waals surface area (Å²) in [5.74, 6) is -0.386. The van der Waals surface area contributed by atoms with Gasteiger partial charge in [0.15, 0.2) is 0 Å². The van der Waals surface area contributed by atoms with Crippen LogP contribution in [-0.2, 0) is 6.54 Å². The van der Waals surface area contributed by atoms with Crippen LogP contribution in [0.15, 0.2) is 42.7 Å². The Bertz CT molecular complexity index is 516. The van der Waals surface area contributed by atoms with E-state index >= 15 is 0 Å². The van der Waals surface area contributed by atoms with Crippen LogP contribution >= 0.6 is 11.6 Å². The Balaban J connectivity index is 1.97. The minimum atomic E-state index is -0.386. The molecule has 1 aromatic heterocycles. The number of pyridine rings is 1. The van der Waals surface area contributed by atoms with Gasteiger partial charge in [0.2, 0.25) is 0 Å². The van der Waals surface area contributed by atoms with Gasteiger partial charge in [-0.3, -0.25) is 4.98 Å². The summed E-state index contributed by atoms with van der Waals surface area (Å²) in [5, 5.41) is 3.51. The van der Waals surface area contributed by atoms with E-state index < -0.39 is 0 Å². The molecule has 1 unspecified atom stereocenters. The first kappa shape index (κ1) is 13.0. The molecule has 1 atom stereocenters. The smallest absolute Gasteiger partial charge is 0.141 e. The van der Waals surface area contributed by atoms with E-state index in [1.807, 2.05) is 12.1 Å². The Hall–Kier alpha value is -1.45. The Morgan fingerprint density at radius 1 is 1.28 bits per heavy atom. The zero-order valence-electron chi connectivity index (χ0n) is 10.0. The molecule has 0 fully saturated rings. The molecular formula is C14H14ClFN2. The minimum Gasteiger partial charge on any atom is -0.306 e. The number of benzene rings is 1. The number of aromatic nitrogens is 1. The third kappa shape index (κ3) is 3.28. The zero-order valence-corrected chi connectivity index (χ0v) is 10.8. The van der Waals surface area contributed by atoms with E-state index in [1.165, 1.54) is 11.6 Å². The van der Waals surface area contributed by atoms with Gasteiger partial charge < -0.3 is 5.32 Å². The highest BCUT2D eigenvalue weighted by molar-refractivity contribution is 6.30. The molecule has 0 saturated heterocycles. The summed E-state index contributed by atoms with van der Waals surface area (Å²) in [6, 6.07) is 8.90. The fourth-order valence-corrected chi connectivity index (χ4v) is 1.89. The first-order valence-electron chi connectivity index (χ1n) is 5.74. The fraction of sp³-hybridized carbons (Fsp3) is 0.214. The number of rotatable bonds is 4. The number of nitrogens with one attached hydrogen (secondary N) is 1. The fourth-order valence-electron chi connectivity index (χ4n) is 1.69. The predicted octanol–water partition coefficient (Wildman–Crippen LogP) is 3.72. The van der Waals surface area contributed by atoms with E-state index in [2.05, 4.69) is 17.2 Å². The predicted molar refractivity (Wildman–Crippen MR) is 70.9 cm³/mol. The average Bonchev–Trinajstić information content (AvgIpc) is 2.41. The molecule has 2 rings (SSSR count). The highest BCUT2D eigenvalue weighted by atomic mass is 35.5. The van der Waals surface area contributed by atoms with Crippen molar-refractivity contribution in [1.29, 1.82) is 0 Å². The molecule has 4 heteroatoms. The molecule has 0 spiro atoms. The lowest BCUT2D eigenvalue weighted by molar-refractivity contribution is 0.572. The van der Waals surface area contributed by atoms with E-state index in [1.54, 1.807) is 24.5 Å². The average molecular weight is 265 g/mol. The maximum atomic E-state index is 13.0. The Morgan fingerprint density at radius 3 is 2.67 bits per heavy atom. The molecule has 0 bridgehead atoms. The van der Waals surface area contributed by atoms with Gasteiger partial charge in [0.05, 0.1) is 5.02 Å². The van der Waals surface area contributed by atoms with Gasteiger partial charge in [-0.1, -0.05) is 17.7 Å². The topological polar surface area (TPSA) is 24.9 Å². The van der Waals surface area contributed by atoms with Gasteiger partial charge in [0.1, 0.15) is 5.82 Å².